The molecule has 0 unspecified atom stereocenters. The second kappa shape index (κ2) is 8.84. The van der Waals surface area contributed by atoms with E-state index in [0.717, 1.165) is 17.1 Å². The van der Waals surface area contributed by atoms with Crippen LogP contribution in [-0.2, 0) is 11.2 Å². The summed E-state index contributed by atoms with van der Waals surface area (Å²) in [6.45, 7) is 2.55. The first-order valence-corrected chi connectivity index (χ1v) is 8.67. The first-order chi connectivity index (χ1) is 13.2. The van der Waals surface area contributed by atoms with Gasteiger partial charge >= 0.3 is 0 Å². The smallest absolute Gasteiger partial charge is 0.227 e. The van der Waals surface area contributed by atoms with Gasteiger partial charge < -0.3 is 19.3 Å². The van der Waals surface area contributed by atoms with E-state index >= 15 is 0 Å². The monoisotopic (exact) mass is 367 g/mol. The van der Waals surface area contributed by atoms with Crippen molar-refractivity contribution in [1.29, 1.82) is 0 Å². The third-order valence-electron chi connectivity index (χ3n) is 3.83. The molecule has 0 aliphatic rings. The van der Waals surface area contributed by atoms with Crippen LogP contribution < -0.4 is 14.8 Å². The Morgan fingerprint density at radius 1 is 1.07 bits per heavy atom. The van der Waals surface area contributed by atoms with Gasteiger partial charge in [-0.1, -0.05) is 5.16 Å². The molecule has 3 aromatic rings. The van der Waals surface area contributed by atoms with E-state index in [-0.39, 0.29) is 12.3 Å². The molecule has 1 heterocycles. The predicted octanol–water partition coefficient (Wildman–Crippen LogP) is 3.72. The summed E-state index contributed by atoms with van der Waals surface area (Å²) in [6, 6.07) is 14.6. The lowest BCUT2D eigenvalue weighted by molar-refractivity contribution is -0.116. The van der Waals surface area contributed by atoms with Gasteiger partial charge in [-0.05, 0) is 55.5 Å². The minimum atomic E-state index is -0.124. The number of hydrogen-bond donors (Lipinski definition) is 1. The second-order valence-corrected chi connectivity index (χ2v) is 5.75. The highest BCUT2D eigenvalue weighted by Crippen LogP contribution is 2.20. The molecule has 0 spiro atoms. The molecule has 3 rings (SSSR count). The van der Waals surface area contributed by atoms with Gasteiger partial charge in [0.05, 0.1) is 13.7 Å². The Balaban J connectivity index is 1.53. The molecule has 7 nitrogen and oxygen atoms in total. The Kier molecular flexibility index (Phi) is 6.04. The van der Waals surface area contributed by atoms with Gasteiger partial charge in [-0.3, -0.25) is 4.79 Å². The SMILES string of the molecule is CCOc1ccc(-c2noc(CCC(=O)Nc3ccc(OC)cc3)n2)cc1. The average molecular weight is 367 g/mol. The number of benzene rings is 2. The molecule has 1 amide bonds. The van der Waals surface area contributed by atoms with E-state index in [0.29, 0.717) is 30.4 Å². The number of nitrogens with one attached hydrogen (secondary N) is 1. The minimum absolute atomic E-state index is 0.124. The maximum atomic E-state index is 12.1. The highest BCUT2D eigenvalue weighted by Gasteiger charge is 2.11. The molecule has 0 fully saturated rings. The molecule has 0 atom stereocenters. The van der Waals surface area contributed by atoms with E-state index in [1.807, 2.05) is 31.2 Å². The van der Waals surface area contributed by atoms with E-state index in [4.69, 9.17) is 14.0 Å². The summed E-state index contributed by atoms with van der Waals surface area (Å²) in [7, 11) is 1.60. The van der Waals surface area contributed by atoms with Crippen LogP contribution >= 0.6 is 0 Å². The molecule has 0 aliphatic heterocycles. The van der Waals surface area contributed by atoms with Crippen molar-refractivity contribution in [3.05, 3.63) is 54.4 Å². The zero-order valence-electron chi connectivity index (χ0n) is 15.3. The van der Waals surface area contributed by atoms with Gasteiger partial charge in [0, 0.05) is 24.1 Å². The van der Waals surface area contributed by atoms with Crippen molar-refractivity contribution >= 4 is 11.6 Å². The van der Waals surface area contributed by atoms with Crippen LogP contribution in [0.15, 0.2) is 53.1 Å². The molecule has 7 heteroatoms. The van der Waals surface area contributed by atoms with Crippen LogP contribution in [0.25, 0.3) is 11.4 Å². The van der Waals surface area contributed by atoms with Crippen molar-refractivity contribution in [2.45, 2.75) is 19.8 Å². The van der Waals surface area contributed by atoms with Crippen LogP contribution in [0.4, 0.5) is 5.69 Å². The lowest BCUT2D eigenvalue weighted by Gasteiger charge is -2.05. The molecule has 1 N–H and O–H groups in total. The molecule has 2 aromatic carbocycles. The summed E-state index contributed by atoms with van der Waals surface area (Å²) in [6.07, 6.45) is 0.614. The molecule has 0 saturated heterocycles. The number of carbonyl (C=O) groups excluding carboxylic acids is 1. The number of aromatic nitrogens is 2. The summed E-state index contributed by atoms with van der Waals surface area (Å²) in [4.78, 5) is 16.4. The quantitative estimate of drug-likeness (QED) is 0.653. The largest absolute Gasteiger partial charge is 0.497 e. The number of anilines is 1. The van der Waals surface area contributed by atoms with Crippen molar-refractivity contribution in [2.75, 3.05) is 19.0 Å². The number of hydrogen-bond acceptors (Lipinski definition) is 6. The predicted molar refractivity (Wildman–Crippen MR) is 101 cm³/mol. The summed E-state index contributed by atoms with van der Waals surface area (Å²) in [5, 5.41) is 6.79. The van der Waals surface area contributed by atoms with Gasteiger partial charge in [0.25, 0.3) is 0 Å². The first-order valence-electron chi connectivity index (χ1n) is 8.67. The summed E-state index contributed by atoms with van der Waals surface area (Å²) in [5.74, 6) is 2.31. The van der Waals surface area contributed by atoms with Crippen molar-refractivity contribution in [3.63, 3.8) is 0 Å². The van der Waals surface area contributed by atoms with E-state index in [1.54, 1.807) is 31.4 Å². The van der Waals surface area contributed by atoms with Crippen molar-refractivity contribution in [1.82, 2.24) is 10.1 Å². The van der Waals surface area contributed by atoms with Crippen LogP contribution in [0.1, 0.15) is 19.2 Å². The summed E-state index contributed by atoms with van der Waals surface area (Å²) < 4.78 is 15.7. The van der Waals surface area contributed by atoms with Crippen molar-refractivity contribution in [3.8, 4) is 22.9 Å². The molecule has 0 radical (unpaired) electrons. The zero-order chi connectivity index (χ0) is 19.1. The fourth-order valence-corrected chi connectivity index (χ4v) is 2.46. The van der Waals surface area contributed by atoms with Crippen LogP contribution in [-0.4, -0.2) is 29.8 Å². The first kappa shape index (κ1) is 18.4. The Bertz CT molecular complexity index is 873. The lowest BCUT2D eigenvalue weighted by atomic mass is 10.2. The Labute approximate surface area is 157 Å². The van der Waals surface area contributed by atoms with E-state index < -0.39 is 0 Å². The standard InChI is InChI=1S/C20H21N3O4/c1-3-26-17-8-4-14(5-9-17)20-22-19(27-23-20)13-12-18(24)21-15-6-10-16(25-2)11-7-15/h4-11H,3,12-13H2,1-2H3,(H,21,24). The van der Waals surface area contributed by atoms with Gasteiger partial charge in [0.15, 0.2) is 0 Å². The number of amides is 1. The van der Waals surface area contributed by atoms with Gasteiger partial charge in [0.1, 0.15) is 11.5 Å². The number of nitrogens with zero attached hydrogens (tertiary/aromatic N) is 2. The fraction of sp³-hybridized carbons (Fsp3) is 0.250. The minimum Gasteiger partial charge on any atom is -0.497 e. The summed E-state index contributed by atoms with van der Waals surface area (Å²) >= 11 is 0. The average Bonchev–Trinajstić information content (AvgIpc) is 3.17. The Morgan fingerprint density at radius 3 is 2.44 bits per heavy atom. The fourth-order valence-electron chi connectivity index (χ4n) is 2.46. The number of methoxy groups -OCH3 is 1. The van der Waals surface area contributed by atoms with E-state index in [9.17, 15) is 4.79 Å². The van der Waals surface area contributed by atoms with E-state index in [2.05, 4.69) is 15.5 Å². The normalized spacial score (nSPS) is 10.4. The molecule has 0 saturated carbocycles. The van der Waals surface area contributed by atoms with Gasteiger partial charge in [-0.25, -0.2) is 0 Å². The Morgan fingerprint density at radius 2 is 1.78 bits per heavy atom. The van der Waals surface area contributed by atoms with Crippen LogP contribution in [0.2, 0.25) is 0 Å². The number of rotatable bonds is 8. The number of aryl methyl sites for hydroxylation is 1. The lowest BCUT2D eigenvalue weighted by Crippen LogP contribution is -2.12. The van der Waals surface area contributed by atoms with Crippen LogP contribution in [0.5, 0.6) is 11.5 Å². The summed E-state index contributed by atoms with van der Waals surface area (Å²) in [5.41, 5.74) is 1.54. The topological polar surface area (TPSA) is 86.5 Å². The van der Waals surface area contributed by atoms with E-state index in [1.165, 1.54) is 0 Å². The third-order valence-corrected chi connectivity index (χ3v) is 3.83. The molecular formula is C20H21N3O4. The van der Waals surface area contributed by atoms with Crippen LogP contribution in [0, 0.1) is 0 Å². The maximum absolute atomic E-state index is 12.1. The Hall–Kier alpha value is -3.35. The second-order valence-electron chi connectivity index (χ2n) is 5.75. The van der Waals surface area contributed by atoms with Gasteiger partial charge in [-0.2, -0.15) is 4.98 Å². The van der Waals surface area contributed by atoms with Crippen molar-refractivity contribution < 1.29 is 18.8 Å². The zero-order valence-corrected chi connectivity index (χ0v) is 15.3. The highest BCUT2D eigenvalue weighted by molar-refractivity contribution is 5.90. The van der Waals surface area contributed by atoms with Crippen molar-refractivity contribution in [2.24, 2.45) is 0 Å². The maximum Gasteiger partial charge on any atom is 0.227 e. The number of carbonyl (C=O) groups is 1. The highest BCUT2D eigenvalue weighted by atomic mass is 16.5. The van der Waals surface area contributed by atoms with Gasteiger partial charge in [0.2, 0.25) is 17.6 Å². The molecule has 140 valence electrons. The van der Waals surface area contributed by atoms with Gasteiger partial charge in [-0.15, -0.1) is 0 Å². The molecule has 0 bridgehead atoms. The molecule has 0 aliphatic carbocycles. The van der Waals surface area contributed by atoms with Crippen LogP contribution in [0.3, 0.4) is 0 Å². The number of ether oxygens (including phenoxy) is 2. The molecular weight excluding hydrogens is 346 g/mol. The third kappa shape index (κ3) is 5.07. The molecule has 1 aromatic heterocycles. The molecule has 27 heavy (non-hydrogen) atoms.